The second kappa shape index (κ2) is 7.04. The van der Waals surface area contributed by atoms with Crippen LogP contribution >= 0.6 is 0 Å². The van der Waals surface area contributed by atoms with E-state index in [2.05, 4.69) is 0 Å². The highest BCUT2D eigenvalue weighted by atomic mass is 16.5. The molecule has 2 aromatic rings. The van der Waals surface area contributed by atoms with Crippen molar-refractivity contribution in [1.29, 1.82) is 5.41 Å². The molecule has 116 valence electrons. The number of benzene rings is 2. The Morgan fingerprint density at radius 1 is 1.00 bits per heavy atom. The summed E-state index contributed by atoms with van der Waals surface area (Å²) in [5.41, 5.74) is 6.89. The third-order valence-corrected chi connectivity index (χ3v) is 2.94. The molecule has 4 N–H and O–H groups in total. The predicted molar refractivity (Wildman–Crippen MR) is 85.5 cm³/mol. The van der Waals surface area contributed by atoms with Crippen molar-refractivity contribution < 1.29 is 19.4 Å². The molecule has 6 heteroatoms. The third kappa shape index (κ3) is 4.53. The van der Waals surface area contributed by atoms with E-state index in [0.717, 1.165) is 6.08 Å². The van der Waals surface area contributed by atoms with E-state index in [1.807, 2.05) is 0 Å². The van der Waals surface area contributed by atoms with Gasteiger partial charge in [0, 0.05) is 11.6 Å². The van der Waals surface area contributed by atoms with Crippen LogP contribution < -0.4 is 10.5 Å². The maximum Gasteiger partial charge on any atom is 0.343 e. The Labute approximate surface area is 132 Å². The maximum atomic E-state index is 12.0. The number of nitrogen functional groups attached to an aromatic ring is 1. The highest BCUT2D eigenvalue weighted by Crippen LogP contribution is 2.15. The number of hydrogen-bond donors (Lipinski definition) is 3. The Morgan fingerprint density at radius 3 is 2.09 bits per heavy atom. The minimum absolute atomic E-state index is 0.0621. The molecule has 0 aromatic heterocycles. The number of aliphatic carboxylic acids is 1. The number of carbonyl (C=O) groups excluding carboxylic acids is 1. The van der Waals surface area contributed by atoms with Gasteiger partial charge in [0.2, 0.25) is 0 Å². The van der Waals surface area contributed by atoms with Gasteiger partial charge < -0.3 is 15.6 Å². The third-order valence-electron chi connectivity index (χ3n) is 2.94. The van der Waals surface area contributed by atoms with Crippen molar-refractivity contribution in [2.75, 3.05) is 0 Å². The Balaban J connectivity index is 2.05. The molecule has 0 saturated heterocycles. The number of rotatable bonds is 5. The summed E-state index contributed by atoms with van der Waals surface area (Å²) < 4.78 is 5.21. The van der Waals surface area contributed by atoms with Crippen LogP contribution in [0.25, 0.3) is 6.08 Å². The molecule has 0 saturated carbocycles. The number of ether oxygens (including phenoxy) is 1. The van der Waals surface area contributed by atoms with E-state index in [-0.39, 0.29) is 5.84 Å². The molecule has 0 heterocycles. The molecule has 2 rings (SSSR count). The summed E-state index contributed by atoms with van der Waals surface area (Å²) in [5, 5.41) is 15.8. The Morgan fingerprint density at radius 2 is 1.57 bits per heavy atom. The lowest BCUT2D eigenvalue weighted by molar-refractivity contribution is -0.131. The van der Waals surface area contributed by atoms with Crippen molar-refractivity contribution in [3.63, 3.8) is 0 Å². The monoisotopic (exact) mass is 310 g/mol. The van der Waals surface area contributed by atoms with Gasteiger partial charge in [0.25, 0.3) is 0 Å². The van der Waals surface area contributed by atoms with Crippen LogP contribution in [0.5, 0.6) is 5.75 Å². The second-order valence-corrected chi connectivity index (χ2v) is 4.62. The first-order chi connectivity index (χ1) is 11.0. The molecule has 0 radical (unpaired) electrons. The van der Waals surface area contributed by atoms with E-state index in [1.165, 1.54) is 6.08 Å². The highest BCUT2D eigenvalue weighted by Gasteiger charge is 2.08. The van der Waals surface area contributed by atoms with Crippen molar-refractivity contribution >= 4 is 23.9 Å². The van der Waals surface area contributed by atoms with Gasteiger partial charge in [-0.25, -0.2) is 9.59 Å². The number of nitrogens with two attached hydrogens (primary N) is 1. The molecule has 0 aliphatic rings. The SMILES string of the molecule is N=C(N)c1ccc(OC(=O)c2ccc(C=CC(=O)O)cc2)cc1. The van der Waals surface area contributed by atoms with Crippen LogP contribution in [0, 0.1) is 5.41 Å². The van der Waals surface area contributed by atoms with Gasteiger partial charge in [-0.1, -0.05) is 12.1 Å². The van der Waals surface area contributed by atoms with Crippen LogP contribution in [0.15, 0.2) is 54.6 Å². The average molecular weight is 310 g/mol. The summed E-state index contributed by atoms with van der Waals surface area (Å²) in [6, 6.07) is 12.6. The lowest BCUT2D eigenvalue weighted by Gasteiger charge is -2.05. The largest absolute Gasteiger partial charge is 0.478 e. The number of carboxylic acids is 1. The van der Waals surface area contributed by atoms with E-state index >= 15 is 0 Å². The number of hydrogen-bond acceptors (Lipinski definition) is 4. The van der Waals surface area contributed by atoms with Crippen LogP contribution in [0.2, 0.25) is 0 Å². The van der Waals surface area contributed by atoms with Gasteiger partial charge >= 0.3 is 11.9 Å². The van der Waals surface area contributed by atoms with E-state index in [9.17, 15) is 9.59 Å². The molecule has 6 nitrogen and oxygen atoms in total. The second-order valence-electron chi connectivity index (χ2n) is 4.62. The zero-order valence-electron chi connectivity index (χ0n) is 12.0. The van der Waals surface area contributed by atoms with E-state index in [0.29, 0.717) is 22.4 Å². The number of amidine groups is 1. The van der Waals surface area contributed by atoms with Gasteiger partial charge in [0.15, 0.2) is 0 Å². The molecular weight excluding hydrogens is 296 g/mol. The van der Waals surface area contributed by atoms with Crippen LogP contribution in [-0.2, 0) is 4.79 Å². The first-order valence-corrected chi connectivity index (χ1v) is 6.63. The Hall–Kier alpha value is -3.41. The summed E-state index contributed by atoms with van der Waals surface area (Å²) in [6.45, 7) is 0. The van der Waals surface area contributed by atoms with Gasteiger partial charge in [-0.3, -0.25) is 5.41 Å². The van der Waals surface area contributed by atoms with Gasteiger partial charge in [-0.15, -0.1) is 0 Å². The van der Waals surface area contributed by atoms with Gasteiger partial charge in [0.1, 0.15) is 11.6 Å². The lowest BCUT2D eigenvalue weighted by atomic mass is 10.1. The van der Waals surface area contributed by atoms with E-state index in [4.69, 9.17) is 21.0 Å². The molecule has 0 spiro atoms. The highest BCUT2D eigenvalue weighted by molar-refractivity contribution is 5.95. The molecule has 0 fully saturated rings. The fourth-order valence-corrected chi connectivity index (χ4v) is 1.77. The Bertz CT molecular complexity index is 762. The van der Waals surface area contributed by atoms with Crippen molar-refractivity contribution in [2.45, 2.75) is 0 Å². The van der Waals surface area contributed by atoms with Crippen molar-refractivity contribution in [1.82, 2.24) is 0 Å². The standard InChI is InChI=1S/C17H14N2O4/c18-16(19)12-6-8-14(9-7-12)23-17(22)13-4-1-11(2-5-13)3-10-15(20)21/h1-10H,(H3,18,19)(H,20,21). The van der Waals surface area contributed by atoms with Crippen LogP contribution in [0.4, 0.5) is 0 Å². The smallest absolute Gasteiger partial charge is 0.343 e. The van der Waals surface area contributed by atoms with E-state index < -0.39 is 11.9 Å². The topological polar surface area (TPSA) is 113 Å². The lowest BCUT2D eigenvalue weighted by Crippen LogP contribution is -2.11. The number of carbonyl (C=O) groups is 2. The van der Waals surface area contributed by atoms with E-state index in [1.54, 1.807) is 48.5 Å². The molecule has 0 amide bonds. The molecular formula is C17H14N2O4. The van der Waals surface area contributed by atoms with Gasteiger partial charge in [-0.2, -0.15) is 0 Å². The fraction of sp³-hybridized carbons (Fsp3) is 0. The molecule has 2 aromatic carbocycles. The summed E-state index contributed by atoms with van der Waals surface area (Å²) in [7, 11) is 0. The minimum Gasteiger partial charge on any atom is -0.478 e. The first kappa shape index (κ1) is 16.0. The average Bonchev–Trinajstić information content (AvgIpc) is 2.54. The van der Waals surface area contributed by atoms with Crippen molar-refractivity contribution in [3.8, 4) is 5.75 Å². The number of esters is 1. The molecule has 23 heavy (non-hydrogen) atoms. The normalized spacial score (nSPS) is 10.4. The minimum atomic E-state index is -1.04. The van der Waals surface area contributed by atoms with Crippen LogP contribution in [0.3, 0.4) is 0 Å². The fourth-order valence-electron chi connectivity index (χ4n) is 1.77. The van der Waals surface area contributed by atoms with Crippen LogP contribution in [0.1, 0.15) is 21.5 Å². The number of nitrogens with one attached hydrogen (secondary N) is 1. The molecule has 0 unspecified atom stereocenters. The number of carboxylic acid groups (broad SMARTS) is 1. The summed E-state index contributed by atoms with van der Waals surface area (Å²) in [4.78, 5) is 22.4. The summed E-state index contributed by atoms with van der Waals surface area (Å²) in [6.07, 6.45) is 2.45. The predicted octanol–water partition coefficient (Wildman–Crippen LogP) is 2.29. The molecule has 0 aliphatic carbocycles. The molecule has 0 bridgehead atoms. The molecule has 0 aliphatic heterocycles. The quantitative estimate of drug-likeness (QED) is 0.258. The zero-order chi connectivity index (χ0) is 16.8. The Kier molecular flexibility index (Phi) is 4.89. The first-order valence-electron chi connectivity index (χ1n) is 6.63. The van der Waals surface area contributed by atoms with Gasteiger partial charge in [0.05, 0.1) is 5.56 Å². The zero-order valence-corrected chi connectivity index (χ0v) is 12.0. The van der Waals surface area contributed by atoms with Gasteiger partial charge in [-0.05, 0) is 48.0 Å². The summed E-state index contributed by atoms with van der Waals surface area (Å²) in [5.74, 6) is -1.29. The van der Waals surface area contributed by atoms with Crippen LogP contribution in [-0.4, -0.2) is 22.9 Å². The maximum absolute atomic E-state index is 12.0. The van der Waals surface area contributed by atoms with Crippen molar-refractivity contribution in [3.05, 3.63) is 71.3 Å². The molecule has 0 atom stereocenters. The summed E-state index contributed by atoms with van der Waals surface area (Å²) >= 11 is 0. The van der Waals surface area contributed by atoms with Crippen molar-refractivity contribution in [2.24, 2.45) is 5.73 Å².